The van der Waals surface area contributed by atoms with Gasteiger partial charge in [0.15, 0.2) is 0 Å². The molecule has 1 aromatic carbocycles. The van der Waals surface area contributed by atoms with Gasteiger partial charge in [0.25, 0.3) is 0 Å². The number of carbonyl (C=O) groups is 1. The summed E-state index contributed by atoms with van der Waals surface area (Å²) in [6.45, 7) is 0.549. The molecule has 5 nitrogen and oxygen atoms in total. The zero-order valence-electron chi connectivity index (χ0n) is 13.6. The summed E-state index contributed by atoms with van der Waals surface area (Å²) in [7, 11) is -0.411. The molecule has 1 N–H and O–H groups in total. The number of benzene rings is 1. The maximum atomic E-state index is 12.1. The first kappa shape index (κ1) is 19.0. The Morgan fingerprint density at radius 3 is 2.71 bits per heavy atom. The molecule has 24 heavy (non-hydrogen) atoms. The fraction of sp³-hybridized carbons (Fsp3) is 0.312. The molecule has 2 rings (SSSR count). The van der Waals surface area contributed by atoms with Crippen molar-refractivity contribution in [2.45, 2.75) is 17.2 Å². The average molecular weight is 385 g/mol. The molecule has 0 saturated carbocycles. The third-order valence-corrected chi connectivity index (χ3v) is 6.91. The minimum atomic E-state index is -3.43. The van der Waals surface area contributed by atoms with Gasteiger partial charge in [0.05, 0.1) is 17.2 Å². The summed E-state index contributed by atoms with van der Waals surface area (Å²) in [6, 6.07) is 10.8. The van der Waals surface area contributed by atoms with Gasteiger partial charge in [0.2, 0.25) is 15.9 Å². The van der Waals surface area contributed by atoms with Crippen LogP contribution in [0.15, 0.2) is 46.7 Å². The van der Waals surface area contributed by atoms with Crippen molar-refractivity contribution >= 4 is 39.0 Å². The first-order chi connectivity index (χ1) is 11.4. The zero-order chi connectivity index (χ0) is 17.6. The van der Waals surface area contributed by atoms with Gasteiger partial charge in [-0.25, -0.2) is 12.7 Å². The molecule has 1 amide bonds. The minimum absolute atomic E-state index is 0.0227. The Morgan fingerprint density at radius 2 is 2.04 bits per heavy atom. The van der Waals surface area contributed by atoms with Crippen LogP contribution in [0.3, 0.4) is 0 Å². The molecule has 0 unspecified atom stereocenters. The Labute approximate surface area is 151 Å². The van der Waals surface area contributed by atoms with Crippen LogP contribution in [0, 0.1) is 0 Å². The first-order valence-electron chi connectivity index (χ1n) is 7.28. The SMILES string of the molecule is CN(C)S(=O)(=O)c1cccc(CSCC(=O)NCc2cccs2)c1. The summed E-state index contributed by atoms with van der Waals surface area (Å²) in [6.07, 6.45) is 0. The number of nitrogens with zero attached hydrogens (tertiary/aromatic N) is 1. The summed E-state index contributed by atoms with van der Waals surface area (Å²) < 4.78 is 25.4. The van der Waals surface area contributed by atoms with Gasteiger partial charge in [-0.15, -0.1) is 23.1 Å². The van der Waals surface area contributed by atoms with Crippen molar-refractivity contribution in [2.75, 3.05) is 19.8 Å². The third kappa shape index (κ3) is 5.34. The quantitative estimate of drug-likeness (QED) is 0.760. The highest BCUT2D eigenvalue weighted by molar-refractivity contribution is 7.99. The number of rotatable bonds is 8. The summed E-state index contributed by atoms with van der Waals surface area (Å²) in [4.78, 5) is 13.2. The van der Waals surface area contributed by atoms with Crippen LogP contribution in [0.5, 0.6) is 0 Å². The standard InChI is InChI=1S/C16H20N2O3S3/c1-18(2)24(20,21)15-7-3-5-13(9-15)11-22-12-16(19)17-10-14-6-4-8-23-14/h3-9H,10-12H2,1-2H3,(H,17,19). The highest BCUT2D eigenvalue weighted by atomic mass is 32.2. The molecule has 0 atom stereocenters. The van der Waals surface area contributed by atoms with E-state index < -0.39 is 10.0 Å². The normalized spacial score (nSPS) is 11.6. The van der Waals surface area contributed by atoms with Gasteiger partial charge in [0.1, 0.15) is 0 Å². The molecule has 0 bridgehead atoms. The number of nitrogens with one attached hydrogen (secondary N) is 1. The van der Waals surface area contributed by atoms with Gasteiger partial charge >= 0.3 is 0 Å². The van der Waals surface area contributed by atoms with E-state index in [2.05, 4.69) is 5.32 Å². The topological polar surface area (TPSA) is 66.5 Å². The first-order valence-corrected chi connectivity index (χ1v) is 10.8. The van der Waals surface area contributed by atoms with E-state index in [0.29, 0.717) is 18.1 Å². The number of carbonyl (C=O) groups excluding carboxylic acids is 1. The van der Waals surface area contributed by atoms with Gasteiger partial charge in [-0.05, 0) is 29.1 Å². The van der Waals surface area contributed by atoms with E-state index in [1.165, 1.54) is 30.2 Å². The fourth-order valence-electron chi connectivity index (χ4n) is 1.92. The number of amides is 1. The molecule has 0 fully saturated rings. The molecule has 130 valence electrons. The van der Waals surface area contributed by atoms with Crippen molar-refractivity contribution in [3.8, 4) is 0 Å². The summed E-state index contributed by atoms with van der Waals surface area (Å²) in [5.41, 5.74) is 0.883. The van der Waals surface area contributed by atoms with Crippen molar-refractivity contribution < 1.29 is 13.2 Å². The summed E-state index contributed by atoms with van der Waals surface area (Å²) in [5, 5.41) is 4.85. The lowest BCUT2D eigenvalue weighted by Crippen LogP contribution is -2.24. The van der Waals surface area contributed by atoms with Gasteiger partial charge in [0, 0.05) is 24.7 Å². The number of sulfonamides is 1. The second-order valence-electron chi connectivity index (χ2n) is 5.28. The maximum absolute atomic E-state index is 12.1. The molecule has 1 heterocycles. The lowest BCUT2D eigenvalue weighted by Gasteiger charge is -2.12. The minimum Gasteiger partial charge on any atom is -0.350 e. The molecule has 0 aliphatic rings. The van der Waals surface area contributed by atoms with Crippen LogP contribution in [-0.4, -0.2) is 38.5 Å². The highest BCUT2D eigenvalue weighted by Gasteiger charge is 2.17. The Bertz CT molecular complexity index is 772. The van der Waals surface area contributed by atoms with E-state index in [1.807, 2.05) is 23.6 Å². The molecule has 0 aliphatic carbocycles. The Balaban J connectivity index is 1.83. The predicted octanol–water partition coefficient (Wildman–Crippen LogP) is 2.55. The molecule has 0 saturated heterocycles. The van der Waals surface area contributed by atoms with E-state index in [-0.39, 0.29) is 10.8 Å². The fourth-order valence-corrected chi connectivity index (χ4v) is 4.34. The highest BCUT2D eigenvalue weighted by Crippen LogP contribution is 2.18. The van der Waals surface area contributed by atoms with Crippen LogP contribution >= 0.6 is 23.1 Å². The molecule has 0 spiro atoms. The van der Waals surface area contributed by atoms with Gasteiger partial charge in [-0.1, -0.05) is 18.2 Å². The van der Waals surface area contributed by atoms with E-state index >= 15 is 0 Å². The van der Waals surface area contributed by atoms with Crippen molar-refractivity contribution in [3.05, 3.63) is 52.2 Å². The second-order valence-corrected chi connectivity index (χ2v) is 9.45. The third-order valence-electron chi connectivity index (χ3n) is 3.22. The van der Waals surface area contributed by atoms with Crippen molar-refractivity contribution in [1.82, 2.24) is 9.62 Å². The molecular weight excluding hydrogens is 364 g/mol. The molecule has 1 aromatic heterocycles. The number of hydrogen-bond acceptors (Lipinski definition) is 5. The van der Waals surface area contributed by atoms with Crippen LogP contribution in [0.4, 0.5) is 0 Å². The Morgan fingerprint density at radius 1 is 1.25 bits per heavy atom. The molecular formula is C16H20N2O3S3. The van der Waals surface area contributed by atoms with Gasteiger partial charge in [-0.3, -0.25) is 4.79 Å². The molecule has 0 aliphatic heterocycles. The lowest BCUT2D eigenvalue weighted by molar-refractivity contribution is -0.118. The van der Waals surface area contributed by atoms with Crippen molar-refractivity contribution in [1.29, 1.82) is 0 Å². The van der Waals surface area contributed by atoms with E-state index in [1.54, 1.807) is 29.5 Å². The number of hydrogen-bond donors (Lipinski definition) is 1. The van der Waals surface area contributed by atoms with Crippen LogP contribution in [0.1, 0.15) is 10.4 Å². The maximum Gasteiger partial charge on any atom is 0.242 e. The Kier molecular flexibility index (Phi) is 6.85. The average Bonchev–Trinajstić information content (AvgIpc) is 3.06. The van der Waals surface area contributed by atoms with Crippen LogP contribution < -0.4 is 5.32 Å². The smallest absolute Gasteiger partial charge is 0.242 e. The van der Waals surface area contributed by atoms with E-state index in [0.717, 1.165) is 10.4 Å². The Hall–Kier alpha value is -1.35. The molecule has 0 radical (unpaired) electrons. The van der Waals surface area contributed by atoms with E-state index in [9.17, 15) is 13.2 Å². The molecule has 2 aromatic rings. The monoisotopic (exact) mass is 384 g/mol. The second kappa shape index (κ2) is 8.66. The zero-order valence-corrected chi connectivity index (χ0v) is 16.0. The van der Waals surface area contributed by atoms with Crippen molar-refractivity contribution in [2.24, 2.45) is 0 Å². The van der Waals surface area contributed by atoms with Gasteiger partial charge < -0.3 is 5.32 Å². The molecule has 8 heteroatoms. The van der Waals surface area contributed by atoms with E-state index in [4.69, 9.17) is 0 Å². The van der Waals surface area contributed by atoms with Gasteiger partial charge in [-0.2, -0.15) is 0 Å². The van der Waals surface area contributed by atoms with Crippen LogP contribution in [0.25, 0.3) is 0 Å². The van der Waals surface area contributed by atoms with Crippen molar-refractivity contribution in [3.63, 3.8) is 0 Å². The predicted molar refractivity (Wildman–Crippen MR) is 99.6 cm³/mol. The summed E-state index contributed by atoms with van der Waals surface area (Å²) >= 11 is 3.07. The lowest BCUT2D eigenvalue weighted by atomic mass is 10.2. The largest absolute Gasteiger partial charge is 0.350 e. The number of thioether (sulfide) groups is 1. The van der Waals surface area contributed by atoms with Crippen LogP contribution in [-0.2, 0) is 27.1 Å². The number of thiophene rings is 1. The summed E-state index contributed by atoms with van der Waals surface area (Å²) in [5.74, 6) is 0.907. The van der Waals surface area contributed by atoms with Crippen LogP contribution in [0.2, 0.25) is 0 Å².